The Morgan fingerprint density at radius 3 is 2.48 bits per heavy atom. The second-order valence-electron chi connectivity index (χ2n) is 6.73. The summed E-state index contributed by atoms with van der Waals surface area (Å²) in [4.78, 5) is 14.7. The molecule has 3 nitrogen and oxygen atoms in total. The van der Waals surface area contributed by atoms with E-state index in [2.05, 4.69) is 5.32 Å². The van der Waals surface area contributed by atoms with Crippen LogP contribution in [-0.4, -0.2) is 37.5 Å². The number of amides is 1. The van der Waals surface area contributed by atoms with Gasteiger partial charge in [-0.2, -0.15) is 0 Å². The van der Waals surface area contributed by atoms with Gasteiger partial charge in [0.1, 0.15) is 5.82 Å². The summed E-state index contributed by atoms with van der Waals surface area (Å²) in [6, 6.07) is 6.59. The van der Waals surface area contributed by atoms with Gasteiger partial charge in [0.05, 0.1) is 5.41 Å². The summed E-state index contributed by atoms with van der Waals surface area (Å²) in [5.74, 6) is 0.419. The van der Waals surface area contributed by atoms with Gasteiger partial charge < -0.3 is 10.2 Å². The van der Waals surface area contributed by atoms with Crippen LogP contribution in [0.2, 0.25) is 0 Å². The molecule has 0 atom stereocenters. The number of hydrogen-bond acceptors (Lipinski definition) is 2. The second kappa shape index (κ2) is 8.65. The highest BCUT2D eigenvalue weighted by molar-refractivity contribution is 5.87. The first-order valence-electron chi connectivity index (χ1n) is 8.15. The minimum absolute atomic E-state index is 0. The minimum Gasteiger partial charge on any atom is -0.342 e. The van der Waals surface area contributed by atoms with Crippen LogP contribution in [0.5, 0.6) is 0 Å². The van der Waals surface area contributed by atoms with Crippen LogP contribution < -0.4 is 5.32 Å². The van der Waals surface area contributed by atoms with Crippen molar-refractivity contribution in [3.05, 3.63) is 35.6 Å². The van der Waals surface area contributed by atoms with Gasteiger partial charge in [0.15, 0.2) is 0 Å². The van der Waals surface area contributed by atoms with Crippen LogP contribution in [0.15, 0.2) is 24.3 Å². The predicted molar refractivity (Wildman–Crippen MR) is 94.5 cm³/mol. The third-order valence-corrected chi connectivity index (χ3v) is 4.79. The Morgan fingerprint density at radius 1 is 1.30 bits per heavy atom. The van der Waals surface area contributed by atoms with Crippen LogP contribution in [0.3, 0.4) is 0 Å². The molecule has 1 aromatic carbocycles. The summed E-state index contributed by atoms with van der Waals surface area (Å²) in [6.45, 7) is 6.23. The number of benzene rings is 1. The van der Waals surface area contributed by atoms with E-state index in [1.165, 1.54) is 6.07 Å². The van der Waals surface area contributed by atoms with E-state index in [9.17, 15) is 9.18 Å². The lowest BCUT2D eigenvalue weighted by Crippen LogP contribution is -2.47. The van der Waals surface area contributed by atoms with E-state index >= 15 is 0 Å². The minimum atomic E-state index is -0.816. The van der Waals surface area contributed by atoms with E-state index in [0.717, 1.165) is 38.9 Å². The Balaban J connectivity index is 0.00000264. The van der Waals surface area contributed by atoms with Crippen LogP contribution in [0.4, 0.5) is 4.39 Å². The molecule has 1 aliphatic rings. The molecule has 0 aliphatic carbocycles. The second-order valence-corrected chi connectivity index (χ2v) is 6.73. The Hall–Kier alpha value is -1.13. The van der Waals surface area contributed by atoms with Gasteiger partial charge >= 0.3 is 0 Å². The Labute approximate surface area is 145 Å². The lowest BCUT2D eigenvalue weighted by atomic mass is 9.81. The number of rotatable bonds is 5. The molecule has 23 heavy (non-hydrogen) atoms. The summed E-state index contributed by atoms with van der Waals surface area (Å²) in [5, 5.41) is 3.18. The predicted octanol–water partition coefficient (Wildman–Crippen LogP) is 3.37. The molecular formula is C18H28ClFN2O. The fraction of sp³-hybridized carbons (Fsp3) is 0.611. The van der Waals surface area contributed by atoms with E-state index in [1.807, 2.05) is 25.8 Å². The van der Waals surface area contributed by atoms with Crippen molar-refractivity contribution in [2.75, 3.05) is 26.7 Å². The monoisotopic (exact) mass is 342 g/mol. The van der Waals surface area contributed by atoms with Crippen molar-refractivity contribution in [3.8, 4) is 0 Å². The summed E-state index contributed by atoms with van der Waals surface area (Å²) >= 11 is 0. The molecule has 1 amide bonds. The summed E-state index contributed by atoms with van der Waals surface area (Å²) in [7, 11) is 1.97. The number of nitrogens with zero attached hydrogens (tertiary/aromatic N) is 1. The number of carbonyl (C=O) groups excluding carboxylic acids is 1. The fourth-order valence-electron chi connectivity index (χ4n) is 3.25. The van der Waals surface area contributed by atoms with E-state index in [-0.39, 0.29) is 24.1 Å². The molecule has 0 bridgehead atoms. The van der Waals surface area contributed by atoms with Crippen LogP contribution in [-0.2, 0) is 10.2 Å². The first-order valence-corrected chi connectivity index (χ1v) is 8.15. The van der Waals surface area contributed by atoms with Crippen LogP contribution in [0, 0.1) is 11.7 Å². The lowest BCUT2D eigenvalue weighted by molar-refractivity contribution is -0.137. The van der Waals surface area contributed by atoms with Gasteiger partial charge in [-0.05, 0) is 58.7 Å². The Morgan fingerprint density at radius 2 is 1.91 bits per heavy atom. The van der Waals surface area contributed by atoms with Gasteiger partial charge in [-0.15, -0.1) is 12.4 Å². The molecule has 1 fully saturated rings. The van der Waals surface area contributed by atoms with Gasteiger partial charge in [0.25, 0.3) is 0 Å². The third kappa shape index (κ3) is 4.67. The maximum absolute atomic E-state index is 14.0. The smallest absolute Gasteiger partial charge is 0.232 e. The molecular weight excluding hydrogens is 315 g/mol. The Bertz CT molecular complexity index is 513. The first-order chi connectivity index (χ1) is 10.5. The average molecular weight is 343 g/mol. The fourth-order valence-corrected chi connectivity index (χ4v) is 3.25. The molecule has 1 heterocycles. The Kier molecular flexibility index (Phi) is 7.49. The molecule has 1 aromatic rings. The molecule has 2 rings (SSSR count). The molecule has 0 saturated carbocycles. The van der Waals surface area contributed by atoms with Gasteiger partial charge in [-0.3, -0.25) is 4.79 Å². The van der Waals surface area contributed by atoms with Crippen LogP contribution >= 0.6 is 12.4 Å². The first kappa shape index (κ1) is 19.9. The molecule has 5 heteroatoms. The highest BCUT2D eigenvalue weighted by atomic mass is 35.5. The van der Waals surface area contributed by atoms with Crippen LogP contribution in [0.1, 0.15) is 38.7 Å². The van der Waals surface area contributed by atoms with E-state index in [0.29, 0.717) is 11.5 Å². The molecule has 1 aliphatic heterocycles. The highest BCUT2D eigenvalue weighted by Gasteiger charge is 2.36. The van der Waals surface area contributed by atoms with Crippen molar-refractivity contribution in [3.63, 3.8) is 0 Å². The van der Waals surface area contributed by atoms with Gasteiger partial charge in [-0.25, -0.2) is 4.39 Å². The van der Waals surface area contributed by atoms with Crippen molar-refractivity contribution in [2.45, 2.75) is 38.5 Å². The summed E-state index contributed by atoms with van der Waals surface area (Å²) in [5.41, 5.74) is -0.333. The number of carbonyl (C=O) groups is 1. The van der Waals surface area contributed by atoms with Crippen molar-refractivity contribution < 1.29 is 9.18 Å². The van der Waals surface area contributed by atoms with E-state index in [4.69, 9.17) is 0 Å². The highest BCUT2D eigenvalue weighted by Crippen LogP contribution is 2.30. The van der Waals surface area contributed by atoms with E-state index in [1.54, 1.807) is 18.2 Å². The largest absolute Gasteiger partial charge is 0.342 e. The van der Waals surface area contributed by atoms with Crippen molar-refractivity contribution >= 4 is 18.3 Å². The van der Waals surface area contributed by atoms with E-state index < -0.39 is 5.41 Å². The zero-order valence-corrected chi connectivity index (χ0v) is 15.1. The average Bonchev–Trinajstić information content (AvgIpc) is 2.53. The number of hydrogen-bond donors (Lipinski definition) is 1. The summed E-state index contributed by atoms with van der Waals surface area (Å²) in [6.07, 6.45) is 3.25. The van der Waals surface area contributed by atoms with Gasteiger partial charge in [0, 0.05) is 18.7 Å². The zero-order valence-electron chi connectivity index (χ0n) is 14.3. The zero-order chi connectivity index (χ0) is 16.2. The molecule has 0 spiro atoms. The number of halogens is 2. The van der Waals surface area contributed by atoms with Gasteiger partial charge in [0.2, 0.25) is 5.91 Å². The maximum atomic E-state index is 14.0. The van der Waals surface area contributed by atoms with Gasteiger partial charge in [-0.1, -0.05) is 18.2 Å². The molecule has 130 valence electrons. The quantitative estimate of drug-likeness (QED) is 0.889. The standard InChI is InChI=1S/C18H27FN2O.ClH/c1-18(2,15-6-4-5-7-16(15)19)17(22)21-12-9-14(10-13-21)8-11-20-3;/h4-7,14,20H,8-13H2,1-3H3;1H. The maximum Gasteiger partial charge on any atom is 0.232 e. The van der Waals surface area contributed by atoms with Crippen LogP contribution in [0.25, 0.3) is 0 Å². The number of likely N-dealkylation sites (tertiary alicyclic amines) is 1. The molecule has 0 unspecified atom stereocenters. The number of piperidine rings is 1. The lowest BCUT2D eigenvalue weighted by Gasteiger charge is -2.37. The topological polar surface area (TPSA) is 32.3 Å². The molecule has 1 saturated heterocycles. The van der Waals surface area contributed by atoms with Crippen molar-refractivity contribution in [1.29, 1.82) is 0 Å². The molecule has 0 radical (unpaired) electrons. The molecule has 0 aromatic heterocycles. The number of nitrogens with one attached hydrogen (secondary N) is 1. The van der Waals surface area contributed by atoms with Crippen molar-refractivity contribution in [1.82, 2.24) is 10.2 Å². The third-order valence-electron chi connectivity index (χ3n) is 4.79. The normalized spacial score (nSPS) is 16.1. The molecule has 1 N–H and O–H groups in total. The van der Waals surface area contributed by atoms with Crippen molar-refractivity contribution in [2.24, 2.45) is 5.92 Å². The summed E-state index contributed by atoms with van der Waals surface area (Å²) < 4.78 is 14.0. The SMILES string of the molecule is CNCCC1CCN(C(=O)C(C)(C)c2ccccc2F)CC1.Cl.